The molecule has 1 atom stereocenters. The van der Waals surface area contributed by atoms with Crippen molar-refractivity contribution >= 4 is 0 Å². The first kappa shape index (κ1) is 14.0. The lowest BCUT2D eigenvalue weighted by Gasteiger charge is -2.20. The van der Waals surface area contributed by atoms with Crippen LogP contribution in [0.3, 0.4) is 0 Å². The van der Waals surface area contributed by atoms with Crippen molar-refractivity contribution in [3.8, 4) is 5.75 Å². The van der Waals surface area contributed by atoms with Crippen LogP contribution in [-0.2, 0) is 19.4 Å². The summed E-state index contributed by atoms with van der Waals surface area (Å²) in [4.78, 5) is 11.1. The minimum absolute atomic E-state index is 0.236. The van der Waals surface area contributed by atoms with Gasteiger partial charge in [-0.05, 0) is 24.7 Å². The minimum Gasteiger partial charge on any atom is -0.488 e. The van der Waals surface area contributed by atoms with Gasteiger partial charge in [0.15, 0.2) is 0 Å². The van der Waals surface area contributed by atoms with Crippen LogP contribution in [0.4, 0.5) is 0 Å². The van der Waals surface area contributed by atoms with Gasteiger partial charge in [-0.15, -0.1) is 0 Å². The number of para-hydroxylation sites is 1. The molecule has 2 aromatic rings. The van der Waals surface area contributed by atoms with Gasteiger partial charge in [-0.25, -0.2) is 9.97 Å². The van der Waals surface area contributed by atoms with Gasteiger partial charge in [-0.1, -0.05) is 25.1 Å². The first-order valence-electron chi connectivity index (χ1n) is 7.48. The van der Waals surface area contributed by atoms with E-state index in [1.54, 1.807) is 0 Å². The van der Waals surface area contributed by atoms with Crippen molar-refractivity contribution in [3.05, 3.63) is 53.6 Å². The predicted molar refractivity (Wildman–Crippen MR) is 82.3 cm³/mol. The van der Waals surface area contributed by atoms with Crippen LogP contribution in [0.2, 0.25) is 0 Å². The van der Waals surface area contributed by atoms with Crippen LogP contribution in [-0.4, -0.2) is 34.6 Å². The minimum atomic E-state index is 0.236. The summed E-state index contributed by atoms with van der Waals surface area (Å²) < 4.78 is 5.99. The molecule has 1 aliphatic heterocycles. The van der Waals surface area contributed by atoms with Gasteiger partial charge in [-0.3, -0.25) is 4.90 Å². The van der Waals surface area contributed by atoms with Crippen LogP contribution < -0.4 is 4.74 Å². The highest BCUT2D eigenvalue weighted by atomic mass is 16.5. The van der Waals surface area contributed by atoms with Crippen LogP contribution in [0.1, 0.15) is 24.0 Å². The standard InChI is InChI=1S/C17H21N3O/c1-3-17-18-9-8-14(19-17)11-20(2)12-15-10-13-6-4-5-7-16(13)21-15/h4-9,15H,3,10-12H2,1-2H3. The van der Waals surface area contributed by atoms with E-state index in [4.69, 9.17) is 4.74 Å². The molecule has 0 radical (unpaired) electrons. The van der Waals surface area contributed by atoms with Crippen LogP contribution in [0, 0.1) is 0 Å². The maximum Gasteiger partial charge on any atom is 0.128 e. The summed E-state index contributed by atoms with van der Waals surface area (Å²) in [6.45, 7) is 3.80. The average Bonchev–Trinajstić information content (AvgIpc) is 2.89. The first-order chi connectivity index (χ1) is 10.2. The Morgan fingerprint density at radius 1 is 1.29 bits per heavy atom. The second-order valence-electron chi connectivity index (χ2n) is 5.57. The van der Waals surface area contributed by atoms with E-state index in [0.717, 1.165) is 43.2 Å². The van der Waals surface area contributed by atoms with Gasteiger partial charge in [0.1, 0.15) is 17.7 Å². The zero-order chi connectivity index (χ0) is 14.7. The van der Waals surface area contributed by atoms with Gasteiger partial charge in [0.25, 0.3) is 0 Å². The third-order valence-corrected chi connectivity index (χ3v) is 3.74. The van der Waals surface area contributed by atoms with Crippen molar-refractivity contribution in [1.29, 1.82) is 0 Å². The van der Waals surface area contributed by atoms with Crippen molar-refractivity contribution in [2.45, 2.75) is 32.4 Å². The van der Waals surface area contributed by atoms with Crippen molar-refractivity contribution in [1.82, 2.24) is 14.9 Å². The van der Waals surface area contributed by atoms with E-state index in [-0.39, 0.29) is 6.10 Å². The third-order valence-electron chi connectivity index (χ3n) is 3.74. The van der Waals surface area contributed by atoms with Crippen LogP contribution in [0.25, 0.3) is 0 Å². The number of fused-ring (bicyclic) bond motifs is 1. The maximum absolute atomic E-state index is 5.99. The summed E-state index contributed by atoms with van der Waals surface area (Å²) in [5.74, 6) is 1.94. The third kappa shape index (κ3) is 3.39. The van der Waals surface area contributed by atoms with Gasteiger partial charge in [0.2, 0.25) is 0 Å². The highest BCUT2D eigenvalue weighted by Crippen LogP contribution is 2.28. The summed E-state index contributed by atoms with van der Waals surface area (Å²) in [7, 11) is 2.11. The number of aromatic nitrogens is 2. The Morgan fingerprint density at radius 2 is 2.14 bits per heavy atom. The van der Waals surface area contributed by atoms with Gasteiger partial charge in [-0.2, -0.15) is 0 Å². The van der Waals surface area contributed by atoms with E-state index in [1.165, 1.54) is 5.56 Å². The molecule has 0 amide bonds. The van der Waals surface area contributed by atoms with Gasteiger partial charge in [0.05, 0.1) is 5.69 Å². The van der Waals surface area contributed by atoms with Crippen LogP contribution >= 0.6 is 0 Å². The Labute approximate surface area is 125 Å². The van der Waals surface area contributed by atoms with Crippen LogP contribution in [0.15, 0.2) is 36.5 Å². The molecule has 0 saturated carbocycles. The Morgan fingerprint density at radius 3 is 2.95 bits per heavy atom. The number of hydrogen-bond donors (Lipinski definition) is 0. The van der Waals surface area contributed by atoms with Gasteiger partial charge >= 0.3 is 0 Å². The molecular weight excluding hydrogens is 262 g/mol. The lowest BCUT2D eigenvalue weighted by atomic mass is 10.1. The molecule has 0 spiro atoms. The number of benzene rings is 1. The fourth-order valence-electron chi connectivity index (χ4n) is 2.74. The second kappa shape index (κ2) is 6.22. The number of aryl methyl sites for hydroxylation is 1. The quantitative estimate of drug-likeness (QED) is 0.845. The van der Waals surface area contributed by atoms with Crippen molar-refractivity contribution in [3.63, 3.8) is 0 Å². The molecular formula is C17H21N3O. The normalized spacial score (nSPS) is 16.8. The van der Waals surface area contributed by atoms with Crippen molar-refractivity contribution in [2.24, 2.45) is 0 Å². The zero-order valence-electron chi connectivity index (χ0n) is 12.6. The smallest absolute Gasteiger partial charge is 0.128 e. The molecule has 1 unspecified atom stereocenters. The highest BCUT2D eigenvalue weighted by Gasteiger charge is 2.23. The summed E-state index contributed by atoms with van der Waals surface area (Å²) in [6.07, 6.45) is 3.94. The maximum atomic E-state index is 5.99. The molecule has 2 heterocycles. The molecule has 21 heavy (non-hydrogen) atoms. The summed E-state index contributed by atoms with van der Waals surface area (Å²) in [5.41, 5.74) is 2.38. The number of nitrogens with zero attached hydrogens (tertiary/aromatic N) is 3. The van der Waals surface area contributed by atoms with Crippen LogP contribution in [0.5, 0.6) is 5.75 Å². The molecule has 0 aliphatic carbocycles. The largest absolute Gasteiger partial charge is 0.488 e. The number of rotatable bonds is 5. The van der Waals surface area contributed by atoms with E-state index in [1.807, 2.05) is 24.4 Å². The summed E-state index contributed by atoms with van der Waals surface area (Å²) in [5, 5.41) is 0. The zero-order valence-corrected chi connectivity index (χ0v) is 12.6. The predicted octanol–water partition coefficient (Wildman–Crippen LogP) is 2.47. The molecule has 0 saturated heterocycles. The SMILES string of the molecule is CCc1nccc(CN(C)CC2Cc3ccccc3O2)n1. The van der Waals surface area contributed by atoms with E-state index in [2.05, 4.69) is 41.0 Å². The summed E-state index contributed by atoms with van der Waals surface area (Å²) >= 11 is 0. The molecule has 4 nitrogen and oxygen atoms in total. The van der Waals surface area contributed by atoms with Crippen molar-refractivity contribution in [2.75, 3.05) is 13.6 Å². The molecule has 1 aliphatic rings. The molecule has 4 heteroatoms. The summed E-state index contributed by atoms with van der Waals surface area (Å²) in [6, 6.07) is 10.3. The molecule has 0 N–H and O–H groups in total. The Bertz CT molecular complexity index is 589. The number of hydrogen-bond acceptors (Lipinski definition) is 4. The molecule has 1 aromatic heterocycles. The molecule has 0 fully saturated rings. The molecule has 1 aromatic carbocycles. The van der Waals surface area contributed by atoms with Gasteiger partial charge in [0, 0.05) is 32.1 Å². The number of likely N-dealkylation sites (N-methyl/N-ethyl adjacent to an activating group) is 1. The molecule has 3 rings (SSSR count). The van der Waals surface area contributed by atoms with E-state index in [9.17, 15) is 0 Å². The lowest BCUT2D eigenvalue weighted by molar-refractivity contribution is 0.164. The Hall–Kier alpha value is -1.94. The first-order valence-corrected chi connectivity index (χ1v) is 7.48. The van der Waals surface area contributed by atoms with E-state index in [0.29, 0.717) is 0 Å². The monoisotopic (exact) mass is 283 g/mol. The van der Waals surface area contributed by atoms with E-state index < -0.39 is 0 Å². The second-order valence-corrected chi connectivity index (χ2v) is 5.57. The van der Waals surface area contributed by atoms with Gasteiger partial charge < -0.3 is 4.74 Å². The lowest BCUT2D eigenvalue weighted by Crippen LogP contribution is -2.32. The fraction of sp³-hybridized carbons (Fsp3) is 0.412. The highest BCUT2D eigenvalue weighted by molar-refractivity contribution is 5.37. The topological polar surface area (TPSA) is 38.2 Å². The molecule has 110 valence electrons. The Kier molecular flexibility index (Phi) is 4.15. The molecule has 0 bridgehead atoms. The average molecular weight is 283 g/mol. The number of ether oxygens (including phenoxy) is 1. The fourth-order valence-corrected chi connectivity index (χ4v) is 2.74. The Balaban J connectivity index is 1.56. The van der Waals surface area contributed by atoms with E-state index >= 15 is 0 Å². The van der Waals surface area contributed by atoms with Crippen molar-refractivity contribution < 1.29 is 4.74 Å².